The maximum absolute atomic E-state index is 4.33. The smallest absolute Gasteiger partial charge is 0.179 e. The number of fused-ring (bicyclic) bond motifs is 3. The van der Waals surface area contributed by atoms with Crippen molar-refractivity contribution in [1.82, 2.24) is 29.9 Å². The molecule has 18 heavy (non-hydrogen) atoms. The maximum atomic E-state index is 4.33. The quantitative estimate of drug-likeness (QED) is 0.691. The molecule has 94 valence electrons. The second-order valence-corrected chi connectivity index (χ2v) is 4.41. The lowest BCUT2D eigenvalue weighted by Gasteiger charge is -2.06. The molecule has 1 aliphatic heterocycles. The van der Waals surface area contributed by atoms with Gasteiger partial charge >= 0.3 is 0 Å². The third-order valence-corrected chi connectivity index (χ3v) is 3.39. The molecule has 0 bridgehead atoms. The highest BCUT2D eigenvalue weighted by Gasteiger charge is 2.23. The molecular formula is C11H13ClN6. The van der Waals surface area contributed by atoms with Gasteiger partial charge in [0.1, 0.15) is 5.82 Å². The summed E-state index contributed by atoms with van der Waals surface area (Å²) in [5.41, 5.74) is 2.75. The minimum atomic E-state index is 0. The Kier molecular flexibility index (Phi) is 2.68. The van der Waals surface area contributed by atoms with Crippen LogP contribution in [0.5, 0.6) is 0 Å². The summed E-state index contributed by atoms with van der Waals surface area (Å²) in [4.78, 5) is 7.43. The Labute approximate surface area is 109 Å². The highest BCUT2D eigenvalue weighted by Crippen LogP contribution is 2.23. The average molecular weight is 265 g/mol. The molecule has 1 atom stereocenters. The van der Waals surface area contributed by atoms with Gasteiger partial charge < -0.3 is 10.3 Å². The van der Waals surface area contributed by atoms with Crippen molar-refractivity contribution in [2.45, 2.75) is 12.3 Å². The van der Waals surface area contributed by atoms with Crippen molar-refractivity contribution >= 4 is 29.2 Å². The molecule has 7 heteroatoms. The first-order chi connectivity index (χ1) is 8.43. The predicted octanol–water partition coefficient (Wildman–Crippen LogP) is 1.10. The third kappa shape index (κ3) is 1.49. The van der Waals surface area contributed by atoms with Gasteiger partial charge in [-0.1, -0.05) is 0 Å². The molecule has 3 aromatic rings. The molecule has 2 N–H and O–H groups in total. The lowest BCUT2D eigenvalue weighted by molar-refractivity contribution is 0.696. The van der Waals surface area contributed by atoms with E-state index in [0.29, 0.717) is 5.92 Å². The normalized spacial score (nSPS) is 19.4. The van der Waals surface area contributed by atoms with Gasteiger partial charge in [-0.05, 0) is 19.0 Å². The summed E-state index contributed by atoms with van der Waals surface area (Å²) in [6.45, 7) is 2.04. The lowest BCUT2D eigenvalue weighted by Crippen LogP contribution is -2.10. The molecule has 1 fully saturated rings. The lowest BCUT2D eigenvalue weighted by atomic mass is 10.1. The van der Waals surface area contributed by atoms with E-state index >= 15 is 0 Å². The number of rotatable bonds is 1. The van der Waals surface area contributed by atoms with E-state index in [0.717, 1.165) is 42.1 Å². The second kappa shape index (κ2) is 4.22. The van der Waals surface area contributed by atoms with Gasteiger partial charge in [-0.25, -0.2) is 4.98 Å². The van der Waals surface area contributed by atoms with Crippen molar-refractivity contribution < 1.29 is 0 Å². The zero-order valence-corrected chi connectivity index (χ0v) is 10.4. The summed E-state index contributed by atoms with van der Waals surface area (Å²) in [6.07, 6.45) is 4.78. The van der Waals surface area contributed by atoms with Crippen LogP contribution in [0.3, 0.4) is 0 Å². The van der Waals surface area contributed by atoms with Crippen LogP contribution >= 0.6 is 12.4 Å². The van der Waals surface area contributed by atoms with E-state index < -0.39 is 0 Å². The van der Waals surface area contributed by atoms with Gasteiger partial charge in [0.2, 0.25) is 0 Å². The zero-order chi connectivity index (χ0) is 11.2. The van der Waals surface area contributed by atoms with Gasteiger partial charge in [0, 0.05) is 18.7 Å². The molecule has 6 nitrogen and oxygen atoms in total. The summed E-state index contributed by atoms with van der Waals surface area (Å²) < 4.78 is 2.11. The van der Waals surface area contributed by atoms with Crippen LogP contribution in [0.2, 0.25) is 0 Å². The number of nitrogens with zero attached hydrogens (tertiary/aromatic N) is 4. The van der Waals surface area contributed by atoms with Crippen LogP contribution in [0.25, 0.3) is 16.8 Å². The highest BCUT2D eigenvalue weighted by atomic mass is 35.5. The van der Waals surface area contributed by atoms with Crippen LogP contribution < -0.4 is 5.32 Å². The van der Waals surface area contributed by atoms with E-state index in [-0.39, 0.29) is 12.4 Å². The Morgan fingerprint density at radius 2 is 2.28 bits per heavy atom. The van der Waals surface area contributed by atoms with Gasteiger partial charge in [0.15, 0.2) is 11.3 Å². The number of H-pyrrole nitrogens is 1. The molecular weight excluding hydrogens is 252 g/mol. The standard InChI is InChI=1S/C11H12N6.ClH/c1-3-12-5-7(1)11-16-15-9-6-14-10-8(17(9)11)2-4-13-10;/h2,4,6-7,12-13H,1,3,5H2;1H/t7-;/m0./s1. The number of hydrogen-bond acceptors (Lipinski definition) is 4. The Balaban J connectivity index is 0.000001000. The Morgan fingerprint density at radius 3 is 3.11 bits per heavy atom. The third-order valence-electron chi connectivity index (χ3n) is 3.39. The molecule has 3 aromatic heterocycles. The molecule has 0 spiro atoms. The minimum Gasteiger partial charge on any atom is -0.345 e. The van der Waals surface area contributed by atoms with Crippen LogP contribution in [0, 0.1) is 0 Å². The van der Waals surface area contributed by atoms with Gasteiger partial charge in [0.05, 0.1) is 11.7 Å². The van der Waals surface area contributed by atoms with Crippen LogP contribution in [-0.4, -0.2) is 37.7 Å². The SMILES string of the molecule is Cl.c1cc2c(ncc3nnc([C@H]4CCNC4)n32)[nH]1. The van der Waals surface area contributed by atoms with Crippen LogP contribution in [0.4, 0.5) is 0 Å². The van der Waals surface area contributed by atoms with Crippen LogP contribution in [0.1, 0.15) is 18.2 Å². The van der Waals surface area contributed by atoms with Crippen molar-refractivity contribution in [3.8, 4) is 0 Å². The molecule has 0 saturated carbocycles. The van der Waals surface area contributed by atoms with Gasteiger partial charge in [-0.15, -0.1) is 22.6 Å². The fraction of sp³-hybridized carbons (Fsp3) is 0.364. The summed E-state index contributed by atoms with van der Waals surface area (Å²) >= 11 is 0. The van der Waals surface area contributed by atoms with Crippen LogP contribution in [-0.2, 0) is 0 Å². The van der Waals surface area contributed by atoms with E-state index in [9.17, 15) is 0 Å². The van der Waals surface area contributed by atoms with Crippen molar-refractivity contribution in [3.63, 3.8) is 0 Å². The van der Waals surface area contributed by atoms with Crippen molar-refractivity contribution in [2.24, 2.45) is 0 Å². The average Bonchev–Trinajstić information content (AvgIpc) is 3.08. The molecule has 0 aromatic carbocycles. The molecule has 0 amide bonds. The number of halogens is 1. The molecule has 4 rings (SSSR count). The summed E-state index contributed by atoms with van der Waals surface area (Å²) in [6, 6.07) is 2.02. The molecule has 0 unspecified atom stereocenters. The fourth-order valence-corrected chi connectivity index (χ4v) is 2.54. The molecule has 0 aliphatic carbocycles. The van der Waals surface area contributed by atoms with E-state index in [2.05, 4.69) is 29.9 Å². The Hall–Kier alpha value is -1.66. The first-order valence-corrected chi connectivity index (χ1v) is 5.81. The van der Waals surface area contributed by atoms with Gasteiger partial charge in [-0.2, -0.15) is 0 Å². The maximum Gasteiger partial charge on any atom is 0.179 e. The van der Waals surface area contributed by atoms with Crippen LogP contribution in [0.15, 0.2) is 18.5 Å². The number of nitrogens with one attached hydrogen (secondary N) is 2. The Bertz CT molecular complexity index is 681. The Morgan fingerprint density at radius 1 is 1.33 bits per heavy atom. The monoisotopic (exact) mass is 264 g/mol. The predicted molar refractivity (Wildman–Crippen MR) is 70.1 cm³/mol. The first-order valence-electron chi connectivity index (χ1n) is 5.81. The van der Waals surface area contributed by atoms with Gasteiger partial charge in [-0.3, -0.25) is 4.40 Å². The van der Waals surface area contributed by atoms with E-state index in [4.69, 9.17) is 0 Å². The van der Waals surface area contributed by atoms with E-state index in [1.165, 1.54) is 0 Å². The number of aromatic amines is 1. The molecule has 1 aliphatic rings. The summed E-state index contributed by atoms with van der Waals surface area (Å²) in [5.74, 6) is 1.49. The molecule has 0 radical (unpaired) electrons. The largest absolute Gasteiger partial charge is 0.345 e. The fourth-order valence-electron chi connectivity index (χ4n) is 2.54. The zero-order valence-electron chi connectivity index (χ0n) is 9.63. The molecule has 1 saturated heterocycles. The van der Waals surface area contributed by atoms with Crippen molar-refractivity contribution in [3.05, 3.63) is 24.3 Å². The summed E-state index contributed by atoms with van der Waals surface area (Å²) in [5, 5.41) is 11.9. The summed E-state index contributed by atoms with van der Waals surface area (Å²) in [7, 11) is 0. The topological polar surface area (TPSA) is 70.9 Å². The van der Waals surface area contributed by atoms with Crippen molar-refractivity contribution in [2.75, 3.05) is 13.1 Å². The van der Waals surface area contributed by atoms with E-state index in [1.54, 1.807) is 6.20 Å². The number of hydrogen-bond donors (Lipinski definition) is 2. The number of aromatic nitrogens is 5. The second-order valence-electron chi connectivity index (χ2n) is 4.41. The first kappa shape index (κ1) is 11.4. The highest BCUT2D eigenvalue weighted by molar-refractivity contribution is 5.85. The molecule has 4 heterocycles. The van der Waals surface area contributed by atoms with E-state index in [1.807, 2.05) is 12.3 Å². The minimum absolute atomic E-state index is 0. The van der Waals surface area contributed by atoms with Gasteiger partial charge in [0.25, 0.3) is 0 Å². The van der Waals surface area contributed by atoms with Crippen molar-refractivity contribution in [1.29, 1.82) is 0 Å².